The molecular formula is C26H34Cl2N2O2. The lowest BCUT2D eigenvalue weighted by molar-refractivity contribution is -0.141. The number of hydrogen-bond acceptors (Lipinski definition) is 2. The van der Waals surface area contributed by atoms with Crippen LogP contribution in [-0.2, 0) is 22.6 Å². The fourth-order valence-electron chi connectivity index (χ4n) is 3.60. The summed E-state index contributed by atoms with van der Waals surface area (Å²) in [5, 5.41) is 3.96. The van der Waals surface area contributed by atoms with E-state index >= 15 is 0 Å². The molecule has 0 aliphatic heterocycles. The van der Waals surface area contributed by atoms with Crippen LogP contribution in [0.1, 0.15) is 70.1 Å². The smallest absolute Gasteiger partial charge is 0.243 e. The van der Waals surface area contributed by atoms with Gasteiger partial charge in [-0.05, 0) is 61.4 Å². The summed E-state index contributed by atoms with van der Waals surface area (Å²) in [6.45, 7) is 10.3. The first-order valence-electron chi connectivity index (χ1n) is 11.2. The standard InChI is InChI=1S/C26H34Cl2N2O2/c1-6-24(26(32)29-18(4)5)30(16-21-12-13-22(27)15-23(21)28)25(31)14-9-19-7-10-20(11-8-19)17(2)3/h7-8,10-13,15,17-18,24H,6,9,14,16H2,1-5H3,(H,29,32)/t24-/m0/s1. The molecule has 2 amide bonds. The Morgan fingerprint density at radius 2 is 1.66 bits per heavy atom. The molecule has 0 bridgehead atoms. The van der Waals surface area contributed by atoms with Crippen molar-refractivity contribution < 1.29 is 9.59 Å². The van der Waals surface area contributed by atoms with Gasteiger partial charge < -0.3 is 10.2 Å². The van der Waals surface area contributed by atoms with Gasteiger partial charge in [-0.15, -0.1) is 0 Å². The summed E-state index contributed by atoms with van der Waals surface area (Å²) >= 11 is 12.4. The van der Waals surface area contributed by atoms with Crippen molar-refractivity contribution in [2.75, 3.05) is 0 Å². The number of amides is 2. The summed E-state index contributed by atoms with van der Waals surface area (Å²) in [6.07, 6.45) is 1.45. The number of nitrogens with one attached hydrogen (secondary N) is 1. The van der Waals surface area contributed by atoms with E-state index in [-0.39, 0.29) is 24.4 Å². The van der Waals surface area contributed by atoms with Gasteiger partial charge in [-0.3, -0.25) is 9.59 Å². The van der Waals surface area contributed by atoms with E-state index in [0.717, 1.165) is 11.1 Å². The third kappa shape index (κ3) is 7.53. The first-order valence-corrected chi connectivity index (χ1v) is 12.0. The summed E-state index contributed by atoms with van der Waals surface area (Å²) in [6, 6.07) is 13.0. The molecule has 0 aliphatic rings. The minimum absolute atomic E-state index is 0.00732. The molecule has 2 aromatic carbocycles. The van der Waals surface area contributed by atoms with Gasteiger partial charge in [0.05, 0.1) is 0 Å². The van der Waals surface area contributed by atoms with Gasteiger partial charge in [0.1, 0.15) is 6.04 Å². The Morgan fingerprint density at radius 3 is 2.19 bits per heavy atom. The number of benzene rings is 2. The Labute approximate surface area is 202 Å². The zero-order valence-corrected chi connectivity index (χ0v) is 21.1. The molecule has 0 radical (unpaired) electrons. The van der Waals surface area contributed by atoms with Crippen LogP contribution < -0.4 is 5.32 Å². The first-order chi connectivity index (χ1) is 15.1. The third-order valence-corrected chi connectivity index (χ3v) is 6.03. The monoisotopic (exact) mass is 476 g/mol. The summed E-state index contributed by atoms with van der Waals surface area (Å²) in [7, 11) is 0. The maximum Gasteiger partial charge on any atom is 0.243 e. The normalized spacial score (nSPS) is 12.2. The van der Waals surface area contributed by atoms with Gasteiger partial charge in [-0.2, -0.15) is 0 Å². The summed E-state index contributed by atoms with van der Waals surface area (Å²) < 4.78 is 0. The molecule has 0 fully saturated rings. The Kier molecular flexibility index (Phi) is 10.0. The minimum Gasteiger partial charge on any atom is -0.352 e. The molecule has 2 rings (SSSR count). The molecule has 0 spiro atoms. The summed E-state index contributed by atoms with van der Waals surface area (Å²) in [4.78, 5) is 27.9. The predicted molar refractivity (Wildman–Crippen MR) is 133 cm³/mol. The number of aryl methyl sites for hydroxylation is 1. The van der Waals surface area contributed by atoms with E-state index in [2.05, 4.69) is 43.4 Å². The number of rotatable bonds is 10. The number of halogens is 2. The zero-order chi connectivity index (χ0) is 23.8. The number of hydrogen-bond donors (Lipinski definition) is 1. The van der Waals surface area contributed by atoms with Crippen LogP contribution in [0.4, 0.5) is 0 Å². The Hall–Kier alpha value is -2.04. The van der Waals surface area contributed by atoms with Crippen LogP contribution in [0.15, 0.2) is 42.5 Å². The van der Waals surface area contributed by atoms with Crippen LogP contribution in [0.5, 0.6) is 0 Å². The van der Waals surface area contributed by atoms with Gasteiger partial charge in [-0.1, -0.05) is 74.3 Å². The molecule has 1 atom stereocenters. The van der Waals surface area contributed by atoms with E-state index in [1.54, 1.807) is 17.0 Å². The lowest BCUT2D eigenvalue weighted by Crippen LogP contribution is -2.50. The van der Waals surface area contributed by atoms with Crippen molar-refractivity contribution in [1.29, 1.82) is 0 Å². The molecule has 6 heteroatoms. The summed E-state index contributed by atoms with van der Waals surface area (Å²) in [5.74, 6) is 0.243. The molecule has 0 aliphatic carbocycles. The lowest BCUT2D eigenvalue weighted by Gasteiger charge is -2.31. The predicted octanol–water partition coefficient (Wildman–Crippen LogP) is 6.38. The highest BCUT2D eigenvalue weighted by Gasteiger charge is 2.29. The maximum absolute atomic E-state index is 13.3. The van der Waals surface area contributed by atoms with Crippen molar-refractivity contribution in [1.82, 2.24) is 10.2 Å². The van der Waals surface area contributed by atoms with Crippen LogP contribution in [0.3, 0.4) is 0 Å². The van der Waals surface area contributed by atoms with Crippen molar-refractivity contribution in [3.8, 4) is 0 Å². The maximum atomic E-state index is 13.3. The van der Waals surface area contributed by atoms with Crippen molar-refractivity contribution in [3.05, 3.63) is 69.2 Å². The zero-order valence-electron chi connectivity index (χ0n) is 19.6. The van der Waals surface area contributed by atoms with Crippen LogP contribution in [0.2, 0.25) is 10.0 Å². The Balaban J connectivity index is 2.22. The van der Waals surface area contributed by atoms with Crippen molar-refractivity contribution >= 4 is 35.0 Å². The van der Waals surface area contributed by atoms with Crippen molar-refractivity contribution in [2.24, 2.45) is 0 Å². The quantitative estimate of drug-likeness (QED) is 0.432. The second kappa shape index (κ2) is 12.3. The SMILES string of the molecule is CC[C@@H](C(=O)NC(C)C)N(Cc1ccc(Cl)cc1Cl)C(=O)CCc1ccc(C(C)C)cc1. The van der Waals surface area contributed by atoms with E-state index in [1.165, 1.54) is 5.56 Å². The molecular weight excluding hydrogens is 443 g/mol. The van der Waals surface area contributed by atoms with E-state index in [1.807, 2.05) is 26.8 Å². The fourth-order valence-corrected chi connectivity index (χ4v) is 4.07. The molecule has 0 aromatic heterocycles. The van der Waals surface area contributed by atoms with Crippen molar-refractivity contribution in [3.63, 3.8) is 0 Å². The largest absolute Gasteiger partial charge is 0.352 e. The van der Waals surface area contributed by atoms with Gasteiger partial charge in [-0.25, -0.2) is 0 Å². The molecule has 0 unspecified atom stereocenters. The fraction of sp³-hybridized carbons (Fsp3) is 0.462. The van der Waals surface area contributed by atoms with Crippen LogP contribution in [0, 0.1) is 0 Å². The molecule has 174 valence electrons. The van der Waals surface area contributed by atoms with Crippen LogP contribution >= 0.6 is 23.2 Å². The van der Waals surface area contributed by atoms with Gasteiger partial charge >= 0.3 is 0 Å². The minimum atomic E-state index is -0.569. The van der Waals surface area contributed by atoms with Crippen LogP contribution in [0.25, 0.3) is 0 Å². The molecule has 0 saturated heterocycles. The Bertz CT molecular complexity index is 911. The number of carbonyl (C=O) groups excluding carboxylic acids is 2. The first kappa shape index (κ1) is 26.2. The summed E-state index contributed by atoms with van der Waals surface area (Å²) in [5.41, 5.74) is 3.14. The topological polar surface area (TPSA) is 49.4 Å². The second-order valence-electron chi connectivity index (χ2n) is 8.74. The molecule has 1 N–H and O–H groups in total. The number of nitrogens with zero attached hydrogens (tertiary/aromatic N) is 1. The highest BCUT2D eigenvalue weighted by Crippen LogP contribution is 2.24. The van der Waals surface area contributed by atoms with Crippen molar-refractivity contribution in [2.45, 2.75) is 78.4 Å². The molecule has 32 heavy (non-hydrogen) atoms. The molecule has 0 heterocycles. The van der Waals surface area contributed by atoms with Gasteiger partial charge in [0.2, 0.25) is 11.8 Å². The third-order valence-electron chi connectivity index (χ3n) is 5.45. The average Bonchev–Trinajstić information content (AvgIpc) is 2.73. The highest BCUT2D eigenvalue weighted by atomic mass is 35.5. The molecule has 4 nitrogen and oxygen atoms in total. The van der Waals surface area contributed by atoms with Gasteiger partial charge in [0, 0.05) is 29.1 Å². The second-order valence-corrected chi connectivity index (χ2v) is 9.58. The average molecular weight is 477 g/mol. The van der Waals surface area contributed by atoms with E-state index in [9.17, 15) is 9.59 Å². The van der Waals surface area contributed by atoms with Crippen LogP contribution in [-0.4, -0.2) is 28.8 Å². The number of carbonyl (C=O) groups is 2. The van der Waals surface area contributed by atoms with E-state index in [0.29, 0.717) is 35.2 Å². The van der Waals surface area contributed by atoms with Gasteiger partial charge in [0.25, 0.3) is 0 Å². The lowest BCUT2D eigenvalue weighted by atomic mass is 10.00. The Morgan fingerprint density at radius 1 is 1.00 bits per heavy atom. The molecule has 2 aromatic rings. The highest BCUT2D eigenvalue weighted by molar-refractivity contribution is 6.35. The van der Waals surface area contributed by atoms with E-state index < -0.39 is 6.04 Å². The van der Waals surface area contributed by atoms with E-state index in [4.69, 9.17) is 23.2 Å². The van der Waals surface area contributed by atoms with Gasteiger partial charge in [0.15, 0.2) is 0 Å². The molecule has 0 saturated carbocycles.